The summed E-state index contributed by atoms with van der Waals surface area (Å²) in [4.78, 5) is 27.3. The zero-order valence-corrected chi connectivity index (χ0v) is 16.8. The van der Waals surface area contributed by atoms with Crippen molar-refractivity contribution in [2.45, 2.75) is 29.2 Å². The van der Waals surface area contributed by atoms with Crippen LogP contribution < -0.4 is 5.32 Å². The monoisotopic (exact) mass is 410 g/mol. The molecule has 0 atom stereocenters. The molecule has 1 saturated heterocycles. The van der Waals surface area contributed by atoms with E-state index in [9.17, 15) is 10.1 Å². The van der Waals surface area contributed by atoms with Crippen molar-refractivity contribution in [3.05, 3.63) is 53.0 Å². The molecule has 1 aliphatic heterocycles. The van der Waals surface area contributed by atoms with Gasteiger partial charge in [0, 0.05) is 29.6 Å². The molecular formula is C20H22N6O2S. The summed E-state index contributed by atoms with van der Waals surface area (Å²) in [6.45, 7) is 3.63. The van der Waals surface area contributed by atoms with Gasteiger partial charge in [-0.1, -0.05) is 36.4 Å². The lowest BCUT2D eigenvalue weighted by atomic mass is 10.1. The molecule has 0 radical (unpaired) electrons. The molecule has 1 fully saturated rings. The Morgan fingerprint density at radius 2 is 1.93 bits per heavy atom. The van der Waals surface area contributed by atoms with Crippen molar-refractivity contribution in [2.24, 2.45) is 0 Å². The van der Waals surface area contributed by atoms with Crippen LogP contribution in [0.1, 0.15) is 19.3 Å². The number of benzene rings is 1. The molecule has 0 bridgehead atoms. The van der Waals surface area contributed by atoms with E-state index in [4.69, 9.17) is 0 Å². The molecule has 3 aromatic rings. The first-order valence-corrected chi connectivity index (χ1v) is 10.5. The third-order valence-corrected chi connectivity index (χ3v) is 5.98. The van der Waals surface area contributed by atoms with Crippen LogP contribution in [0.4, 0.5) is 11.5 Å². The first-order valence-electron chi connectivity index (χ1n) is 9.69. The normalized spacial score (nSPS) is 14.8. The Labute approximate surface area is 172 Å². The van der Waals surface area contributed by atoms with E-state index in [-0.39, 0.29) is 11.5 Å². The second-order valence-electron chi connectivity index (χ2n) is 6.90. The van der Waals surface area contributed by atoms with Crippen molar-refractivity contribution in [2.75, 3.05) is 31.5 Å². The lowest BCUT2D eigenvalue weighted by Gasteiger charge is -2.26. The first kappa shape index (κ1) is 19.5. The van der Waals surface area contributed by atoms with Gasteiger partial charge in [0.2, 0.25) is 5.82 Å². The minimum atomic E-state index is -0.413. The Morgan fingerprint density at radius 1 is 1.10 bits per heavy atom. The molecule has 1 N–H and O–H groups in total. The molecule has 8 nitrogen and oxygen atoms in total. The Bertz CT molecular complexity index is 1000. The maximum absolute atomic E-state index is 11.8. The Balaban J connectivity index is 1.55. The summed E-state index contributed by atoms with van der Waals surface area (Å²) in [6.07, 6.45) is 6.80. The Kier molecular flexibility index (Phi) is 6.16. The van der Waals surface area contributed by atoms with Gasteiger partial charge >= 0.3 is 5.69 Å². The summed E-state index contributed by atoms with van der Waals surface area (Å²) >= 11 is 1.24. The smallest absolute Gasteiger partial charge is 0.343 e. The minimum Gasteiger partial charge on any atom is -0.363 e. The van der Waals surface area contributed by atoms with Gasteiger partial charge in [0.1, 0.15) is 6.33 Å². The number of likely N-dealkylation sites (tertiary alicyclic amines) is 1. The molecule has 0 aliphatic carbocycles. The summed E-state index contributed by atoms with van der Waals surface area (Å²) in [5.74, 6) is 0.262. The SMILES string of the molecule is O=[N+]([O-])c1c(NCCN2CCCCC2)ncnc1Sc1cccc2cccnc12. The number of para-hydroxylation sites is 1. The van der Waals surface area contributed by atoms with Crippen LogP contribution in [0.3, 0.4) is 0 Å². The van der Waals surface area contributed by atoms with Crippen LogP contribution >= 0.6 is 11.8 Å². The van der Waals surface area contributed by atoms with Gasteiger partial charge in [-0.3, -0.25) is 15.1 Å². The molecule has 0 spiro atoms. The highest BCUT2D eigenvalue weighted by atomic mass is 32.2. The summed E-state index contributed by atoms with van der Waals surface area (Å²) < 4.78 is 0. The van der Waals surface area contributed by atoms with E-state index in [1.807, 2.05) is 30.3 Å². The van der Waals surface area contributed by atoms with Crippen LogP contribution in [0.15, 0.2) is 52.8 Å². The van der Waals surface area contributed by atoms with Crippen LogP contribution in [0.2, 0.25) is 0 Å². The lowest BCUT2D eigenvalue weighted by molar-refractivity contribution is -0.387. The standard InChI is InChI=1S/C20H22N6O2S/c27-26(28)18-19(22-10-13-25-11-2-1-3-12-25)23-14-24-20(18)29-16-8-4-6-15-7-5-9-21-17(15)16/h4-9,14H,1-3,10-13H2,(H,22,23,24). The molecule has 150 valence electrons. The van der Waals surface area contributed by atoms with E-state index in [0.717, 1.165) is 35.4 Å². The maximum Gasteiger partial charge on any atom is 0.343 e. The molecule has 0 saturated carbocycles. The van der Waals surface area contributed by atoms with Gasteiger partial charge in [-0.15, -0.1) is 0 Å². The zero-order valence-electron chi connectivity index (χ0n) is 16.0. The number of fused-ring (bicyclic) bond motifs is 1. The number of rotatable bonds is 7. The fourth-order valence-electron chi connectivity index (χ4n) is 3.51. The second-order valence-corrected chi connectivity index (χ2v) is 7.93. The average Bonchev–Trinajstić information content (AvgIpc) is 2.75. The second kappa shape index (κ2) is 9.15. The molecule has 1 aromatic carbocycles. The Morgan fingerprint density at radius 3 is 2.76 bits per heavy atom. The molecule has 29 heavy (non-hydrogen) atoms. The number of piperidine rings is 1. The van der Waals surface area contributed by atoms with Crippen molar-refractivity contribution in [1.82, 2.24) is 19.9 Å². The number of hydrogen-bond donors (Lipinski definition) is 1. The number of nitrogens with one attached hydrogen (secondary N) is 1. The number of hydrogen-bond acceptors (Lipinski definition) is 8. The number of nitro groups is 1. The third kappa shape index (κ3) is 4.63. The summed E-state index contributed by atoms with van der Waals surface area (Å²) in [5, 5.41) is 16.2. The lowest BCUT2D eigenvalue weighted by Crippen LogP contribution is -2.33. The molecule has 3 heterocycles. The molecule has 2 aromatic heterocycles. The summed E-state index contributed by atoms with van der Waals surface area (Å²) in [6, 6.07) is 9.61. The zero-order chi connectivity index (χ0) is 20.1. The predicted molar refractivity (Wildman–Crippen MR) is 113 cm³/mol. The van der Waals surface area contributed by atoms with Gasteiger partial charge in [-0.25, -0.2) is 9.97 Å². The third-order valence-electron chi connectivity index (χ3n) is 4.94. The van der Waals surface area contributed by atoms with Gasteiger partial charge in [-0.05, 0) is 38.1 Å². The molecular weight excluding hydrogens is 388 g/mol. The van der Waals surface area contributed by atoms with E-state index in [0.29, 0.717) is 11.6 Å². The topological polar surface area (TPSA) is 97.1 Å². The number of aromatic nitrogens is 3. The van der Waals surface area contributed by atoms with Crippen LogP contribution in [-0.4, -0.2) is 51.0 Å². The first-order chi connectivity index (χ1) is 14.2. The number of pyridine rings is 1. The quantitative estimate of drug-likeness (QED) is 0.355. The highest BCUT2D eigenvalue weighted by Gasteiger charge is 2.24. The van der Waals surface area contributed by atoms with Crippen LogP contribution in [0.25, 0.3) is 10.9 Å². The average molecular weight is 411 g/mol. The van der Waals surface area contributed by atoms with E-state index < -0.39 is 4.92 Å². The summed E-state index contributed by atoms with van der Waals surface area (Å²) in [7, 11) is 0. The minimum absolute atomic E-state index is 0.0934. The molecule has 0 unspecified atom stereocenters. The fourth-order valence-corrected chi connectivity index (χ4v) is 4.50. The molecule has 1 aliphatic rings. The van der Waals surface area contributed by atoms with Gasteiger partial charge in [0.05, 0.1) is 10.4 Å². The molecule has 4 rings (SSSR count). The van der Waals surface area contributed by atoms with Gasteiger partial charge in [0.25, 0.3) is 0 Å². The van der Waals surface area contributed by atoms with Crippen LogP contribution in [-0.2, 0) is 0 Å². The van der Waals surface area contributed by atoms with Gasteiger partial charge < -0.3 is 10.2 Å². The van der Waals surface area contributed by atoms with E-state index in [2.05, 4.69) is 25.2 Å². The molecule has 9 heteroatoms. The Hall–Kier alpha value is -2.78. The van der Waals surface area contributed by atoms with Crippen molar-refractivity contribution in [3.8, 4) is 0 Å². The molecule has 0 amide bonds. The van der Waals surface area contributed by atoms with Crippen LogP contribution in [0.5, 0.6) is 0 Å². The number of nitrogens with zero attached hydrogens (tertiary/aromatic N) is 5. The van der Waals surface area contributed by atoms with Gasteiger partial charge in [-0.2, -0.15) is 0 Å². The highest BCUT2D eigenvalue weighted by molar-refractivity contribution is 7.99. The number of anilines is 1. The fraction of sp³-hybridized carbons (Fsp3) is 0.350. The van der Waals surface area contributed by atoms with Crippen molar-refractivity contribution < 1.29 is 4.92 Å². The van der Waals surface area contributed by atoms with E-state index in [1.165, 1.54) is 37.4 Å². The van der Waals surface area contributed by atoms with Crippen LogP contribution in [0, 0.1) is 10.1 Å². The largest absolute Gasteiger partial charge is 0.363 e. The van der Waals surface area contributed by atoms with E-state index >= 15 is 0 Å². The maximum atomic E-state index is 11.8. The van der Waals surface area contributed by atoms with E-state index in [1.54, 1.807) is 6.20 Å². The van der Waals surface area contributed by atoms with Crippen molar-refractivity contribution in [1.29, 1.82) is 0 Å². The predicted octanol–water partition coefficient (Wildman–Crippen LogP) is 3.98. The van der Waals surface area contributed by atoms with Gasteiger partial charge in [0.15, 0.2) is 5.03 Å². The van der Waals surface area contributed by atoms with Crippen molar-refractivity contribution >= 4 is 34.2 Å². The highest BCUT2D eigenvalue weighted by Crippen LogP contribution is 2.38. The van der Waals surface area contributed by atoms with Crippen molar-refractivity contribution in [3.63, 3.8) is 0 Å². The summed E-state index contributed by atoms with van der Waals surface area (Å²) in [5.41, 5.74) is 0.705.